The molecule has 1 aromatic carbocycles. The fourth-order valence-electron chi connectivity index (χ4n) is 3.37. The van der Waals surface area contributed by atoms with E-state index in [1.165, 1.54) is 11.1 Å². The van der Waals surface area contributed by atoms with Gasteiger partial charge in [0.05, 0.1) is 0 Å². The maximum Gasteiger partial charge on any atom is 0.194 e. The third-order valence-electron chi connectivity index (χ3n) is 5.08. The summed E-state index contributed by atoms with van der Waals surface area (Å²) in [5.41, 5.74) is 2.46. The molecule has 0 unspecified atom stereocenters. The minimum absolute atomic E-state index is 0. The summed E-state index contributed by atoms with van der Waals surface area (Å²) in [4.78, 5) is 15.7. The molecule has 1 saturated heterocycles. The zero-order chi connectivity index (χ0) is 20.5. The minimum atomic E-state index is 0. The molecule has 1 N–H and O–H groups in total. The molecule has 1 fully saturated rings. The van der Waals surface area contributed by atoms with Gasteiger partial charge in [0.15, 0.2) is 5.96 Å². The van der Waals surface area contributed by atoms with Crippen molar-refractivity contribution in [3.63, 3.8) is 0 Å². The van der Waals surface area contributed by atoms with Gasteiger partial charge in [-0.2, -0.15) is 0 Å². The molecular weight excluding hydrogens is 487 g/mol. The Morgan fingerprint density at radius 2 is 1.87 bits per heavy atom. The van der Waals surface area contributed by atoms with Crippen LogP contribution < -0.4 is 10.2 Å². The predicted octanol–water partition coefficient (Wildman–Crippen LogP) is 3.17. The Labute approximate surface area is 197 Å². The standard InChI is InChI=1S/C23H32N6.HI/c1-24-23(26-19-21-11-12-25-22(18-21)27(2)3)29-16-14-28(15-17-29)13-7-10-20-8-5-4-6-9-20;/h4-12,18H,13-17,19H2,1-3H3,(H,24,26);1H/b10-7+;. The van der Waals surface area contributed by atoms with E-state index >= 15 is 0 Å². The molecule has 0 saturated carbocycles. The molecule has 0 aliphatic carbocycles. The number of aliphatic imine (C=N–C) groups is 1. The Morgan fingerprint density at radius 3 is 2.53 bits per heavy atom. The van der Waals surface area contributed by atoms with Gasteiger partial charge in [0, 0.05) is 66.6 Å². The largest absolute Gasteiger partial charge is 0.363 e. The molecule has 0 radical (unpaired) electrons. The molecule has 2 aromatic rings. The zero-order valence-corrected chi connectivity index (χ0v) is 20.5. The number of hydrogen-bond donors (Lipinski definition) is 1. The molecule has 7 heteroatoms. The van der Waals surface area contributed by atoms with E-state index in [1.54, 1.807) is 0 Å². The van der Waals surface area contributed by atoms with Gasteiger partial charge in [-0.3, -0.25) is 9.89 Å². The molecule has 0 spiro atoms. The van der Waals surface area contributed by atoms with Crippen LogP contribution in [0, 0.1) is 0 Å². The van der Waals surface area contributed by atoms with Gasteiger partial charge in [0.25, 0.3) is 0 Å². The molecule has 1 aliphatic heterocycles. The van der Waals surface area contributed by atoms with E-state index in [2.05, 4.69) is 67.6 Å². The summed E-state index contributed by atoms with van der Waals surface area (Å²) >= 11 is 0. The minimum Gasteiger partial charge on any atom is -0.363 e. The van der Waals surface area contributed by atoms with Crippen LogP contribution in [0.1, 0.15) is 11.1 Å². The first kappa shape index (κ1) is 24.1. The predicted molar refractivity (Wildman–Crippen MR) is 138 cm³/mol. The van der Waals surface area contributed by atoms with Crippen LogP contribution in [-0.4, -0.2) is 74.6 Å². The number of nitrogens with one attached hydrogen (secondary N) is 1. The number of guanidine groups is 1. The smallest absolute Gasteiger partial charge is 0.194 e. The first-order valence-corrected chi connectivity index (χ1v) is 10.2. The summed E-state index contributed by atoms with van der Waals surface area (Å²) in [5.74, 6) is 1.93. The Kier molecular flexibility index (Phi) is 10.1. The van der Waals surface area contributed by atoms with E-state index in [1.807, 2.05) is 44.4 Å². The van der Waals surface area contributed by atoms with Crippen LogP contribution in [-0.2, 0) is 6.54 Å². The first-order chi connectivity index (χ1) is 14.2. The number of halogens is 1. The highest BCUT2D eigenvalue weighted by Gasteiger charge is 2.18. The topological polar surface area (TPSA) is 47.0 Å². The quantitative estimate of drug-likeness (QED) is 0.360. The average Bonchev–Trinajstić information content (AvgIpc) is 2.76. The number of anilines is 1. The van der Waals surface area contributed by atoms with E-state index in [4.69, 9.17) is 0 Å². The number of hydrogen-bond acceptors (Lipinski definition) is 4. The number of rotatable bonds is 6. The van der Waals surface area contributed by atoms with Crippen molar-refractivity contribution in [3.05, 3.63) is 65.9 Å². The summed E-state index contributed by atoms with van der Waals surface area (Å²) in [5, 5.41) is 3.50. The first-order valence-electron chi connectivity index (χ1n) is 10.2. The lowest BCUT2D eigenvalue weighted by molar-refractivity contribution is 0.194. The van der Waals surface area contributed by atoms with Gasteiger partial charge in [0.2, 0.25) is 0 Å². The molecule has 6 nitrogen and oxygen atoms in total. The molecule has 1 aromatic heterocycles. The van der Waals surface area contributed by atoms with Gasteiger partial charge in [0.1, 0.15) is 5.82 Å². The number of nitrogens with zero attached hydrogens (tertiary/aromatic N) is 5. The molecule has 0 amide bonds. The summed E-state index contributed by atoms with van der Waals surface area (Å²) in [6, 6.07) is 14.6. The van der Waals surface area contributed by atoms with Crippen LogP contribution in [0.2, 0.25) is 0 Å². The normalized spacial score (nSPS) is 15.2. The van der Waals surface area contributed by atoms with Crippen molar-refractivity contribution in [3.8, 4) is 0 Å². The zero-order valence-electron chi connectivity index (χ0n) is 18.2. The van der Waals surface area contributed by atoms with Crippen LogP contribution in [0.15, 0.2) is 59.7 Å². The monoisotopic (exact) mass is 520 g/mol. The van der Waals surface area contributed by atoms with E-state index in [9.17, 15) is 0 Å². The van der Waals surface area contributed by atoms with E-state index in [0.29, 0.717) is 0 Å². The van der Waals surface area contributed by atoms with Crippen LogP contribution in [0.5, 0.6) is 0 Å². The number of benzene rings is 1. The lowest BCUT2D eigenvalue weighted by Gasteiger charge is -2.36. The summed E-state index contributed by atoms with van der Waals surface area (Å²) in [6.45, 7) is 5.78. The second-order valence-electron chi connectivity index (χ2n) is 7.42. The molecule has 0 bridgehead atoms. The lowest BCUT2D eigenvalue weighted by Crippen LogP contribution is -2.52. The highest BCUT2D eigenvalue weighted by Crippen LogP contribution is 2.10. The van der Waals surface area contributed by atoms with Crippen LogP contribution in [0.3, 0.4) is 0 Å². The number of aromatic nitrogens is 1. The molecule has 2 heterocycles. The summed E-state index contributed by atoms with van der Waals surface area (Å²) in [6.07, 6.45) is 6.31. The highest BCUT2D eigenvalue weighted by molar-refractivity contribution is 14.0. The fourth-order valence-corrected chi connectivity index (χ4v) is 3.37. The maximum atomic E-state index is 4.48. The van der Waals surface area contributed by atoms with Crippen LogP contribution in [0.4, 0.5) is 5.82 Å². The average molecular weight is 520 g/mol. The number of piperazine rings is 1. The van der Waals surface area contributed by atoms with Gasteiger partial charge < -0.3 is 15.1 Å². The van der Waals surface area contributed by atoms with Gasteiger partial charge >= 0.3 is 0 Å². The molecule has 0 atom stereocenters. The Balaban J connectivity index is 0.00000320. The summed E-state index contributed by atoms with van der Waals surface area (Å²) < 4.78 is 0. The van der Waals surface area contributed by atoms with Crippen molar-refractivity contribution in [2.24, 2.45) is 4.99 Å². The van der Waals surface area contributed by atoms with Crippen molar-refractivity contribution in [2.45, 2.75) is 6.54 Å². The van der Waals surface area contributed by atoms with Crippen LogP contribution in [0.25, 0.3) is 6.08 Å². The third-order valence-corrected chi connectivity index (χ3v) is 5.08. The van der Waals surface area contributed by atoms with E-state index in [-0.39, 0.29) is 24.0 Å². The van der Waals surface area contributed by atoms with Gasteiger partial charge in [-0.25, -0.2) is 4.98 Å². The lowest BCUT2D eigenvalue weighted by atomic mass is 10.2. The highest BCUT2D eigenvalue weighted by atomic mass is 127. The fraction of sp³-hybridized carbons (Fsp3) is 0.391. The Bertz CT molecular complexity index is 813. The van der Waals surface area contributed by atoms with E-state index < -0.39 is 0 Å². The van der Waals surface area contributed by atoms with Crippen molar-refractivity contribution in [1.29, 1.82) is 0 Å². The van der Waals surface area contributed by atoms with Gasteiger partial charge in [-0.1, -0.05) is 42.5 Å². The van der Waals surface area contributed by atoms with Crippen molar-refractivity contribution in [2.75, 3.05) is 58.8 Å². The second-order valence-corrected chi connectivity index (χ2v) is 7.42. The van der Waals surface area contributed by atoms with Gasteiger partial charge in [-0.05, 0) is 23.3 Å². The summed E-state index contributed by atoms with van der Waals surface area (Å²) in [7, 11) is 5.87. The molecular formula is C23H33IN6. The van der Waals surface area contributed by atoms with E-state index in [0.717, 1.165) is 51.0 Å². The molecule has 1 aliphatic rings. The molecule has 162 valence electrons. The third kappa shape index (κ3) is 7.28. The SMILES string of the molecule is CN=C(NCc1ccnc(N(C)C)c1)N1CCN(C/C=C/c2ccccc2)CC1.I. The van der Waals surface area contributed by atoms with Crippen molar-refractivity contribution in [1.82, 2.24) is 20.1 Å². The maximum absolute atomic E-state index is 4.48. The second kappa shape index (κ2) is 12.5. The van der Waals surface area contributed by atoms with Crippen molar-refractivity contribution < 1.29 is 0 Å². The van der Waals surface area contributed by atoms with Crippen molar-refractivity contribution >= 4 is 41.8 Å². The molecule has 3 rings (SSSR count). The molecule has 30 heavy (non-hydrogen) atoms. The Hall–Kier alpha value is -2.13. The van der Waals surface area contributed by atoms with Crippen LogP contribution >= 0.6 is 24.0 Å². The number of pyridine rings is 1. The Morgan fingerprint density at radius 1 is 1.13 bits per heavy atom. The van der Waals surface area contributed by atoms with Gasteiger partial charge in [-0.15, -0.1) is 24.0 Å².